The lowest BCUT2D eigenvalue weighted by atomic mass is 9.97. The molecule has 1 aromatic carbocycles. The molecular formula is C19H21N3O3S. The second-order valence-electron chi connectivity index (χ2n) is 6.50. The maximum atomic E-state index is 12.6. The first-order valence-corrected chi connectivity index (χ1v) is 9.37. The van der Waals surface area contributed by atoms with Crippen LogP contribution in [0.3, 0.4) is 0 Å². The Morgan fingerprint density at radius 2 is 2.00 bits per heavy atom. The van der Waals surface area contributed by atoms with Gasteiger partial charge in [0.2, 0.25) is 5.91 Å². The van der Waals surface area contributed by atoms with E-state index < -0.39 is 5.76 Å². The van der Waals surface area contributed by atoms with Gasteiger partial charge in [0, 0.05) is 0 Å². The fraction of sp³-hybridized carbons (Fsp3) is 0.316. The fourth-order valence-corrected chi connectivity index (χ4v) is 3.52. The van der Waals surface area contributed by atoms with Crippen molar-refractivity contribution in [3.8, 4) is 10.7 Å². The molecule has 0 saturated heterocycles. The van der Waals surface area contributed by atoms with Crippen LogP contribution in [0.4, 0.5) is 0 Å². The Morgan fingerprint density at radius 1 is 1.23 bits per heavy atom. The van der Waals surface area contributed by atoms with Gasteiger partial charge < -0.3 is 5.32 Å². The minimum absolute atomic E-state index is 0.107. The van der Waals surface area contributed by atoms with Crippen LogP contribution in [-0.4, -0.2) is 15.6 Å². The minimum atomic E-state index is -0.635. The molecule has 26 heavy (non-hydrogen) atoms. The van der Waals surface area contributed by atoms with Crippen molar-refractivity contribution in [1.82, 2.24) is 15.0 Å². The van der Waals surface area contributed by atoms with Gasteiger partial charge in [0.1, 0.15) is 6.54 Å². The number of hydrogen-bond acceptors (Lipinski definition) is 5. The Hall–Kier alpha value is -2.67. The lowest BCUT2D eigenvalue weighted by molar-refractivity contribution is -0.122. The summed E-state index contributed by atoms with van der Waals surface area (Å²) >= 11 is 1.44. The minimum Gasteiger partial charge on any atom is -0.348 e. The molecule has 3 aromatic rings. The lowest BCUT2D eigenvalue weighted by Gasteiger charge is -2.21. The largest absolute Gasteiger partial charge is 0.442 e. The van der Waals surface area contributed by atoms with Crippen molar-refractivity contribution in [2.24, 2.45) is 5.92 Å². The number of aromatic nitrogens is 2. The van der Waals surface area contributed by atoms with Crippen molar-refractivity contribution >= 4 is 17.2 Å². The maximum Gasteiger partial charge on any atom is 0.442 e. The van der Waals surface area contributed by atoms with E-state index >= 15 is 0 Å². The van der Waals surface area contributed by atoms with Crippen LogP contribution < -0.4 is 11.1 Å². The molecule has 0 aliphatic heterocycles. The predicted molar refractivity (Wildman–Crippen MR) is 101 cm³/mol. The van der Waals surface area contributed by atoms with E-state index in [9.17, 15) is 9.59 Å². The number of nitrogens with zero attached hydrogens (tertiary/aromatic N) is 2. The molecule has 2 heterocycles. The first-order chi connectivity index (χ1) is 12.5. The van der Waals surface area contributed by atoms with E-state index in [1.807, 2.05) is 47.8 Å². The summed E-state index contributed by atoms with van der Waals surface area (Å²) in [6, 6.07) is 13.4. The van der Waals surface area contributed by atoms with Crippen molar-refractivity contribution < 1.29 is 9.32 Å². The first-order valence-electron chi connectivity index (χ1n) is 8.49. The molecule has 2 aromatic heterocycles. The van der Waals surface area contributed by atoms with E-state index in [-0.39, 0.29) is 18.5 Å². The normalized spacial score (nSPS) is 12.3. The first kappa shape index (κ1) is 18.1. The van der Waals surface area contributed by atoms with E-state index in [0.29, 0.717) is 11.7 Å². The van der Waals surface area contributed by atoms with Crippen LogP contribution >= 0.6 is 11.3 Å². The van der Waals surface area contributed by atoms with E-state index in [0.717, 1.165) is 16.9 Å². The van der Waals surface area contributed by atoms with Crippen LogP contribution in [0.25, 0.3) is 10.7 Å². The van der Waals surface area contributed by atoms with E-state index in [1.165, 1.54) is 15.9 Å². The van der Waals surface area contributed by atoms with Gasteiger partial charge in [-0.1, -0.05) is 55.4 Å². The Bertz CT molecular complexity index is 898. The average Bonchev–Trinajstić information content (AvgIpc) is 3.25. The highest BCUT2D eigenvalue weighted by atomic mass is 32.1. The van der Waals surface area contributed by atoms with Gasteiger partial charge >= 0.3 is 5.76 Å². The predicted octanol–water partition coefficient (Wildman–Crippen LogP) is 3.47. The van der Waals surface area contributed by atoms with Gasteiger partial charge in [0.05, 0.1) is 10.9 Å². The highest BCUT2D eigenvalue weighted by Gasteiger charge is 2.20. The molecule has 0 spiro atoms. The second-order valence-corrected chi connectivity index (χ2v) is 7.44. The monoisotopic (exact) mass is 371 g/mol. The van der Waals surface area contributed by atoms with Crippen molar-refractivity contribution in [2.75, 3.05) is 0 Å². The molecule has 0 bridgehead atoms. The number of carbonyl (C=O) groups is 1. The zero-order valence-electron chi connectivity index (χ0n) is 14.7. The molecule has 1 unspecified atom stereocenters. The van der Waals surface area contributed by atoms with Crippen LogP contribution in [0.5, 0.6) is 0 Å². The van der Waals surface area contributed by atoms with Crippen LogP contribution in [0.2, 0.25) is 0 Å². The number of nitrogens with one attached hydrogen (secondary N) is 1. The third-order valence-electron chi connectivity index (χ3n) is 3.97. The molecule has 1 atom stereocenters. The molecule has 0 aliphatic rings. The summed E-state index contributed by atoms with van der Waals surface area (Å²) in [5, 5.41) is 8.72. The Balaban J connectivity index is 1.77. The van der Waals surface area contributed by atoms with Crippen molar-refractivity contribution in [2.45, 2.75) is 32.9 Å². The van der Waals surface area contributed by atoms with Crippen LogP contribution in [0, 0.1) is 5.92 Å². The third kappa shape index (κ3) is 4.29. The molecule has 7 heteroatoms. The molecule has 1 N–H and O–H groups in total. The van der Waals surface area contributed by atoms with Crippen molar-refractivity contribution in [3.63, 3.8) is 0 Å². The smallest absolute Gasteiger partial charge is 0.348 e. The highest BCUT2D eigenvalue weighted by Crippen LogP contribution is 2.23. The number of amides is 1. The number of thiophene rings is 1. The van der Waals surface area contributed by atoms with Gasteiger partial charge in [0.15, 0.2) is 5.82 Å². The van der Waals surface area contributed by atoms with Crippen LogP contribution in [0.1, 0.15) is 31.9 Å². The molecule has 0 aliphatic carbocycles. The quantitative estimate of drug-likeness (QED) is 0.690. The van der Waals surface area contributed by atoms with Crippen molar-refractivity contribution in [3.05, 3.63) is 64.0 Å². The number of hydrogen-bond donors (Lipinski definition) is 1. The molecule has 136 valence electrons. The van der Waals surface area contributed by atoms with Gasteiger partial charge in [0.25, 0.3) is 0 Å². The zero-order chi connectivity index (χ0) is 18.5. The molecular weight excluding hydrogens is 350 g/mol. The summed E-state index contributed by atoms with van der Waals surface area (Å²) < 4.78 is 6.02. The fourth-order valence-electron chi connectivity index (χ4n) is 2.81. The van der Waals surface area contributed by atoms with Gasteiger partial charge in [-0.15, -0.1) is 11.3 Å². The SMILES string of the molecule is CC(C)CC(NC(=O)Cn1c(-c2cccs2)noc1=O)c1ccccc1. The average molecular weight is 371 g/mol. The van der Waals surface area contributed by atoms with Gasteiger partial charge in [-0.2, -0.15) is 0 Å². The number of rotatable bonds is 7. The third-order valence-corrected chi connectivity index (χ3v) is 4.84. The van der Waals surface area contributed by atoms with Crippen LogP contribution in [-0.2, 0) is 11.3 Å². The topological polar surface area (TPSA) is 77.1 Å². The molecule has 0 saturated carbocycles. The molecule has 0 fully saturated rings. The molecule has 6 nitrogen and oxygen atoms in total. The number of carbonyl (C=O) groups excluding carboxylic acids is 1. The Labute approximate surface area is 155 Å². The Kier molecular flexibility index (Phi) is 5.68. The number of benzene rings is 1. The molecule has 3 rings (SSSR count). The van der Waals surface area contributed by atoms with Gasteiger partial charge in [-0.25, -0.2) is 9.36 Å². The molecule has 1 amide bonds. The maximum absolute atomic E-state index is 12.6. The van der Waals surface area contributed by atoms with E-state index in [4.69, 9.17) is 4.52 Å². The zero-order valence-corrected chi connectivity index (χ0v) is 15.5. The van der Waals surface area contributed by atoms with E-state index in [2.05, 4.69) is 24.3 Å². The van der Waals surface area contributed by atoms with Gasteiger partial charge in [-0.3, -0.25) is 9.32 Å². The summed E-state index contributed by atoms with van der Waals surface area (Å²) in [5.74, 6) is -0.0907. The van der Waals surface area contributed by atoms with Crippen LogP contribution in [0.15, 0.2) is 57.2 Å². The van der Waals surface area contributed by atoms with Crippen molar-refractivity contribution in [1.29, 1.82) is 0 Å². The standard InChI is InChI=1S/C19H21N3O3S/c1-13(2)11-15(14-7-4-3-5-8-14)20-17(23)12-22-18(21-25-19(22)24)16-9-6-10-26-16/h3-10,13,15H,11-12H2,1-2H3,(H,20,23). The Morgan fingerprint density at radius 3 is 2.65 bits per heavy atom. The summed E-state index contributed by atoms with van der Waals surface area (Å²) in [4.78, 5) is 25.4. The second kappa shape index (κ2) is 8.14. The van der Waals surface area contributed by atoms with E-state index in [1.54, 1.807) is 0 Å². The summed E-state index contributed by atoms with van der Waals surface area (Å²) in [6.07, 6.45) is 0.812. The lowest BCUT2D eigenvalue weighted by Crippen LogP contribution is -2.34. The van der Waals surface area contributed by atoms with Gasteiger partial charge in [-0.05, 0) is 29.3 Å². The summed E-state index contributed by atoms with van der Waals surface area (Å²) in [6.45, 7) is 4.10. The summed E-state index contributed by atoms with van der Waals surface area (Å²) in [5.41, 5.74) is 1.05. The summed E-state index contributed by atoms with van der Waals surface area (Å²) in [7, 11) is 0. The molecule has 0 radical (unpaired) electrons. The highest BCUT2D eigenvalue weighted by molar-refractivity contribution is 7.13.